The Balaban J connectivity index is 2.23. The first kappa shape index (κ1) is 23.7. The van der Waals surface area contributed by atoms with Crippen LogP contribution in [0.4, 0.5) is 4.39 Å². The summed E-state index contributed by atoms with van der Waals surface area (Å²) < 4.78 is 25.5. The summed E-state index contributed by atoms with van der Waals surface area (Å²) >= 11 is 0. The molecule has 1 aromatic rings. The highest BCUT2D eigenvalue weighted by Crippen LogP contribution is 2.46. The molecule has 7 heteroatoms. The molecular weight excluding hydrogens is 413 g/mol. The van der Waals surface area contributed by atoms with Gasteiger partial charge in [-0.25, -0.2) is 9.18 Å². The average molecular weight is 444 g/mol. The molecule has 0 saturated carbocycles. The van der Waals surface area contributed by atoms with E-state index < -0.39 is 35.4 Å². The lowest BCUT2D eigenvalue weighted by molar-refractivity contribution is -0.153. The van der Waals surface area contributed by atoms with Crippen LogP contribution < -0.4 is 5.32 Å². The fourth-order valence-electron chi connectivity index (χ4n) is 4.62. The number of dihydropyridines is 1. The van der Waals surface area contributed by atoms with E-state index in [9.17, 15) is 14.4 Å². The van der Waals surface area contributed by atoms with Crippen molar-refractivity contribution in [3.05, 3.63) is 58.2 Å². The minimum Gasteiger partial charge on any atom is -0.465 e. The van der Waals surface area contributed by atoms with Crippen LogP contribution in [-0.4, -0.2) is 30.9 Å². The van der Waals surface area contributed by atoms with Crippen molar-refractivity contribution in [1.82, 2.24) is 5.32 Å². The Bertz CT molecular complexity index is 980. The molecule has 3 atom stereocenters. The maximum absolute atomic E-state index is 15.0. The van der Waals surface area contributed by atoms with Gasteiger partial charge in [0, 0.05) is 22.5 Å². The SMILES string of the molecule is CCCC1=C(C(=O)OCC)[C@H](c2ccccc2F)C2=C(C[C@H](C)[C@H](C(=O)OCC)C2=O)N1. The zero-order chi connectivity index (χ0) is 23.4. The van der Waals surface area contributed by atoms with Crippen LogP contribution in [0.3, 0.4) is 0 Å². The van der Waals surface area contributed by atoms with Gasteiger partial charge in [-0.15, -0.1) is 0 Å². The molecule has 0 aromatic heterocycles. The van der Waals surface area contributed by atoms with Gasteiger partial charge in [0.2, 0.25) is 0 Å². The summed E-state index contributed by atoms with van der Waals surface area (Å²) in [4.78, 5) is 39.4. The summed E-state index contributed by atoms with van der Waals surface area (Å²) in [6.07, 6.45) is 1.70. The number of ketones is 1. The second-order valence-corrected chi connectivity index (χ2v) is 8.11. The highest BCUT2D eigenvalue weighted by Gasteiger charge is 2.48. The molecule has 32 heavy (non-hydrogen) atoms. The van der Waals surface area contributed by atoms with Gasteiger partial charge in [0.15, 0.2) is 5.78 Å². The molecule has 1 aromatic carbocycles. The number of nitrogens with one attached hydrogen (secondary N) is 1. The summed E-state index contributed by atoms with van der Waals surface area (Å²) in [6, 6.07) is 6.10. The number of esters is 2. The fourth-order valence-corrected chi connectivity index (χ4v) is 4.62. The molecule has 1 aliphatic heterocycles. The van der Waals surface area contributed by atoms with Gasteiger partial charge in [-0.05, 0) is 38.7 Å². The number of Topliss-reactive ketones (excluding diaryl/α,β-unsaturated/α-hetero) is 1. The number of halogens is 1. The fraction of sp³-hybridized carbons (Fsp3) is 0.480. The van der Waals surface area contributed by atoms with Crippen LogP contribution in [0, 0.1) is 17.7 Å². The molecule has 172 valence electrons. The molecule has 1 aliphatic carbocycles. The molecule has 1 N–H and O–H groups in total. The summed E-state index contributed by atoms with van der Waals surface area (Å²) in [7, 11) is 0. The number of allylic oxidation sites excluding steroid dienone is 3. The molecule has 2 aliphatic rings. The number of benzene rings is 1. The van der Waals surface area contributed by atoms with E-state index in [-0.39, 0.29) is 35.8 Å². The third-order valence-electron chi connectivity index (χ3n) is 5.92. The van der Waals surface area contributed by atoms with E-state index in [0.717, 1.165) is 6.42 Å². The third-order valence-corrected chi connectivity index (χ3v) is 5.92. The molecule has 0 saturated heterocycles. The largest absolute Gasteiger partial charge is 0.465 e. The molecule has 0 bridgehead atoms. The normalized spacial score (nSPS) is 22.9. The minimum atomic E-state index is -0.999. The molecule has 3 rings (SSSR count). The Hall–Kier alpha value is -2.96. The number of ether oxygens (including phenoxy) is 2. The summed E-state index contributed by atoms with van der Waals surface area (Å²) in [5.74, 6) is -4.39. The minimum absolute atomic E-state index is 0.147. The Morgan fingerprint density at radius 1 is 1.12 bits per heavy atom. The molecule has 1 heterocycles. The van der Waals surface area contributed by atoms with Crippen LogP contribution in [0.5, 0.6) is 0 Å². The van der Waals surface area contributed by atoms with E-state index in [0.29, 0.717) is 24.2 Å². The lowest BCUT2D eigenvalue weighted by Crippen LogP contribution is -2.44. The zero-order valence-corrected chi connectivity index (χ0v) is 19.0. The van der Waals surface area contributed by atoms with Gasteiger partial charge in [-0.2, -0.15) is 0 Å². The molecule has 6 nitrogen and oxygen atoms in total. The molecule has 0 unspecified atom stereocenters. The highest BCUT2D eigenvalue weighted by atomic mass is 19.1. The van der Waals surface area contributed by atoms with Gasteiger partial charge >= 0.3 is 11.9 Å². The van der Waals surface area contributed by atoms with Crippen LogP contribution in [0.15, 0.2) is 46.8 Å². The molecule has 0 amide bonds. The van der Waals surface area contributed by atoms with Gasteiger partial charge in [0.05, 0.1) is 24.7 Å². The quantitative estimate of drug-likeness (QED) is 0.503. The highest BCUT2D eigenvalue weighted by molar-refractivity contribution is 6.12. The van der Waals surface area contributed by atoms with Crippen LogP contribution in [0.25, 0.3) is 0 Å². The average Bonchev–Trinajstić information content (AvgIpc) is 2.73. The van der Waals surface area contributed by atoms with Crippen LogP contribution in [0.1, 0.15) is 58.4 Å². The van der Waals surface area contributed by atoms with Crippen LogP contribution >= 0.6 is 0 Å². The first-order chi connectivity index (χ1) is 15.3. The predicted molar refractivity (Wildman–Crippen MR) is 117 cm³/mol. The van der Waals surface area contributed by atoms with E-state index in [4.69, 9.17) is 9.47 Å². The predicted octanol–water partition coefficient (Wildman–Crippen LogP) is 4.17. The van der Waals surface area contributed by atoms with Gasteiger partial charge in [-0.1, -0.05) is 38.5 Å². The van der Waals surface area contributed by atoms with E-state index in [1.54, 1.807) is 32.0 Å². The van der Waals surface area contributed by atoms with Crippen molar-refractivity contribution < 1.29 is 28.2 Å². The van der Waals surface area contributed by atoms with Gasteiger partial charge < -0.3 is 14.8 Å². The summed E-state index contributed by atoms with van der Waals surface area (Å²) in [5, 5.41) is 3.28. The number of hydrogen-bond donors (Lipinski definition) is 1. The van der Waals surface area contributed by atoms with E-state index in [2.05, 4.69) is 5.32 Å². The van der Waals surface area contributed by atoms with Gasteiger partial charge in [0.1, 0.15) is 11.7 Å². The lowest BCUT2D eigenvalue weighted by Gasteiger charge is -2.39. The Kier molecular flexibility index (Phi) is 7.48. The second kappa shape index (κ2) is 10.1. The number of carbonyl (C=O) groups is 3. The molecule has 0 radical (unpaired) electrons. The van der Waals surface area contributed by atoms with Crippen LogP contribution in [-0.2, 0) is 23.9 Å². The first-order valence-corrected chi connectivity index (χ1v) is 11.2. The van der Waals surface area contributed by atoms with Crippen molar-refractivity contribution in [3.8, 4) is 0 Å². The van der Waals surface area contributed by atoms with Crippen molar-refractivity contribution in [2.75, 3.05) is 13.2 Å². The Labute approximate surface area is 187 Å². The first-order valence-electron chi connectivity index (χ1n) is 11.2. The van der Waals surface area contributed by atoms with Crippen molar-refractivity contribution in [1.29, 1.82) is 0 Å². The molecule has 0 spiro atoms. The van der Waals surface area contributed by atoms with Crippen molar-refractivity contribution >= 4 is 17.7 Å². The maximum Gasteiger partial charge on any atom is 0.336 e. The second-order valence-electron chi connectivity index (χ2n) is 8.11. The smallest absolute Gasteiger partial charge is 0.336 e. The third kappa shape index (κ3) is 4.33. The Morgan fingerprint density at radius 3 is 2.44 bits per heavy atom. The molecule has 0 fully saturated rings. The van der Waals surface area contributed by atoms with E-state index in [1.165, 1.54) is 6.07 Å². The maximum atomic E-state index is 15.0. The van der Waals surface area contributed by atoms with E-state index >= 15 is 4.39 Å². The molecular formula is C25H30FNO5. The monoisotopic (exact) mass is 443 g/mol. The van der Waals surface area contributed by atoms with Crippen LogP contribution in [0.2, 0.25) is 0 Å². The number of rotatable bonds is 7. The van der Waals surface area contributed by atoms with Crippen molar-refractivity contribution in [2.45, 2.75) is 52.9 Å². The lowest BCUT2D eigenvalue weighted by atomic mass is 9.68. The Morgan fingerprint density at radius 2 is 1.81 bits per heavy atom. The standard InChI is InChI=1S/C25H30FNO5/c1-5-10-17-22(25(30)32-7-3)20(15-11-8-9-12-16(15)26)21-18(27-17)13-14(4)19(23(21)28)24(29)31-6-2/h8-9,11-12,14,19-20,27H,5-7,10,13H2,1-4H3/t14-,19-,20+/m0/s1. The number of hydrogen-bond acceptors (Lipinski definition) is 6. The van der Waals surface area contributed by atoms with Gasteiger partial charge in [0.25, 0.3) is 0 Å². The summed E-state index contributed by atoms with van der Waals surface area (Å²) in [5.41, 5.74) is 1.95. The zero-order valence-electron chi connectivity index (χ0n) is 19.0. The van der Waals surface area contributed by atoms with Crippen molar-refractivity contribution in [2.24, 2.45) is 11.8 Å². The van der Waals surface area contributed by atoms with Crippen molar-refractivity contribution in [3.63, 3.8) is 0 Å². The topological polar surface area (TPSA) is 81.7 Å². The van der Waals surface area contributed by atoms with E-state index in [1.807, 2.05) is 13.8 Å². The number of carbonyl (C=O) groups excluding carboxylic acids is 3. The summed E-state index contributed by atoms with van der Waals surface area (Å²) in [6.45, 7) is 7.49. The van der Waals surface area contributed by atoms with Gasteiger partial charge in [-0.3, -0.25) is 9.59 Å².